The van der Waals surface area contributed by atoms with E-state index < -0.39 is 0 Å². The molecule has 2 aromatic rings. The van der Waals surface area contributed by atoms with Crippen LogP contribution in [0.1, 0.15) is 24.6 Å². The van der Waals surface area contributed by atoms with Crippen molar-refractivity contribution >= 4 is 25.3 Å². The van der Waals surface area contributed by atoms with E-state index >= 15 is 0 Å². The minimum absolute atomic E-state index is 0.315. The van der Waals surface area contributed by atoms with Crippen molar-refractivity contribution in [2.24, 2.45) is 10.7 Å². The number of nitrogens with two attached hydrogens (primary N) is 1. The first kappa shape index (κ1) is 18.9. The van der Waals surface area contributed by atoms with Crippen LogP contribution in [0.15, 0.2) is 64.9 Å². The number of ether oxygens (including phenoxy) is 1. The number of halogens is 1. The SMILES string of the molecule is [B]n1cccc1/C(CCN)=C1N=C(/C=C/c2cc(F)ccc2OC)C=C\1C. The highest BCUT2D eigenvalue weighted by molar-refractivity contribution is 6.11. The first-order valence-electron chi connectivity index (χ1n) is 8.68. The van der Waals surface area contributed by atoms with Gasteiger partial charge >= 0.3 is 0 Å². The predicted octanol–water partition coefficient (Wildman–Crippen LogP) is 3.74. The molecule has 1 aromatic heterocycles. The van der Waals surface area contributed by atoms with Gasteiger partial charge in [0.1, 0.15) is 11.6 Å². The Bertz CT molecular complexity index is 970. The van der Waals surface area contributed by atoms with E-state index in [4.69, 9.17) is 23.4 Å². The van der Waals surface area contributed by atoms with Crippen molar-refractivity contribution in [3.05, 3.63) is 77.0 Å². The van der Waals surface area contributed by atoms with Crippen LogP contribution >= 0.6 is 0 Å². The summed E-state index contributed by atoms with van der Waals surface area (Å²) in [5.74, 6) is 0.289. The van der Waals surface area contributed by atoms with Crippen LogP contribution in [0, 0.1) is 5.82 Å². The molecule has 136 valence electrons. The maximum absolute atomic E-state index is 13.5. The zero-order chi connectivity index (χ0) is 19.4. The van der Waals surface area contributed by atoms with E-state index in [1.54, 1.807) is 29.9 Å². The maximum atomic E-state index is 13.5. The predicted molar refractivity (Wildman–Crippen MR) is 109 cm³/mol. The van der Waals surface area contributed by atoms with E-state index in [1.807, 2.05) is 31.2 Å². The lowest BCUT2D eigenvalue weighted by Gasteiger charge is -2.11. The summed E-state index contributed by atoms with van der Waals surface area (Å²) in [6.45, 7) is 2.50. The molecule has 4 nitrogen and oxygen atoms in total. The van der Waals surface area contributed by atoms with Crippen LogP contribution in [0.4, 0.5) is 4.39 Å². The molecule has 27 heavy (non-hydrogen) atoms. The third-order valence-corrected chi connectivity index (χ3v) is 4.37. The van der Waals surface area contributed by atoms with Crippen molar-refractivity contribution in [2.75, 3.05) is 13.7 Å². The lowest BCUT2D eigenvalue weighted by Crippen LogP contribution is -2.05. The second-order valence-corrected chi connectivity index (χ2v) is 6.25. The second kappa shape index (κ2) is 8.23. The Morgan fingerprint density at radius 3 is 2.81 bits per heavy atom. The van der Waals surface area contributed by atoms with Crippen LogP contribution in [0.2, 0.25) is 0 Å². The number of aliphatic imine (C=N–C) groups is 1. The second-order valence-electron chi connectivity index (χ2n) is 6.25. The molecule has 2 radical (unpaired) electrons. The van der Waals surface area contributed by atoms with Crippen LogP contribution < -0.4 is 10.5 Å². The van der Waals surface area contributed by atoms with Crippen LogP contribution in [0.25, 0.3) is 11.6 Å². The lowest BCUT2D eigenvalue weighted by molar-refractivity contribution is 0.412. The first-order valence-corrected chi connectivity index (χ1v) is 8.68. The summed E-state index contributed by atoms with van der Waals surface area (Å²) in [7, 11) is 7.57. The fourth-order valence-corrected chi connectivity index (χ4v) is 3.10. The monoisotopic (exact) mass is 361 g/mol. The molecule has 0 saturated carbocycles. The van der Waals surface area contributed by atoms with Crippen LogP contribution in [0.5, 0.6) is 5.75 Å². The molecule has 0 saturated heterocycles. The Morgan fingerprint density at radius 1 is 1.33 bits per heavy atom. The highest BCUT2D eigenvalue weighted by Gasteiger charge is 2.17. The van der Waals surface area contributed by atoms with Gasteiger partial charge in [-0.15, -0.1) is 0 Å². The molecule has 1 aromatic carbocycles. The molecular weight excluding hydrogens is 340 g/mol. The summed E-state index contributed by atoms with van der Waals surface area (Å²) in [5.41, 5.74) is 11.0. The van der Waals surface area contributed by atoms with Gasteiger partial charge in [0.05, 0.1) is 18.5 Å². The van der Waals surface area contributed by atoms with E-state index in [0.29, 0.717) is 24.3 Å². The van der Waals surface area contributed by atoms with Gasteiger partial charge in [-0.25, -0.2) is 9.38 Å². The van der Waals surface area contributed by atoms with Gasteiger partial charge < -0.3 is 14.9 Å². The number of nitrogens with zero attached hydrogens (tertiary/aromatic N) is 2. The van der Waals surface area contributed by atoms with Crippen LogP contribution in [-0.4, -0.2) is 31.8 Å². The van der Waals surface area contributed by atoms with Crippen molar-refractivity contribution < 1.29 is 9.13 Å². The topological polar surface area (TPSA) is 52.5 Å². The van der Waals surface area contributed by atoms with Gasteiger partial charge in [-0.2, -0.15) is 0 Å². The minimum Gasteiger partial charge on any atom is -0.496 e. The molecule has 2 N–H and O–H groups in total. The molecule has 1 aliphatic rings. The molecular formula is C21H21BFN3O. The molecule has 6 heteroatoms. The Labute approximate surface area is 160 Å². The molecule has 3 rings (SSSR count). The molecule has 0 amide bonds. The molecule has 0 unspecified atom stereocenters. The molecule has 0 fully saturated rings. The largest absolute Gasteiger partial charge is 0.496 e. The van der Waals surface area contributed by atoms with Gasteiger partial charge in [-0.3, -0.25) is 0 Å². The van der Waals surface area contributed by atoms with E-state index in [1.165, 1.54) is 12.1 Å². The maximum Gasteiger partial charge on any atom is 0.234 e. The fourth-order valence-electron chi connectivity index (χ4n) is 3.10. The Kier molecular flexibility index (Phi) is 5.77. The Balaban J connectivity index is 1.97. The minimum atomic E-state index is -0.315. The molecule has 0 spiro atoms. The number of aromatic nitrogens is 1. The van der Waals surface area contributed by atoms with Crippen molar-refractivity contribution in [3.63, 3.8) is 0 Å². The first-order chi connectivity index (χ1) is 13.0. The van der Waals surface area contributed by atoms with Crippen molar-refractivity contribution in [3.8, 4) is 5.75 Å². The third-order valence-electron chi connectivity index (χ3n) is 4.37. The molecule has 0 aliphatic carbocycles. The van der Waals surface area contributed by atoms with E-state index in [9.17, 15) is 4.39 Å². The summed E-state index contributed by atoms with van der Waals surface area (Å²) in [6.07, 6.45) is 8.08. The van der Waals surface area contributed by atoms with E-state index in [2.05, 4.69) is 0 Å². The smallest absolute Gasteiger partial charge is 0.234 e. The number of benzene rings is 1. The summed E-state index contributed by atoms with van der Waals surface area (Å²) in [4.78, 5) is 4.74. The zero-order valence-corrected chi connectivity index (χ0v) is 15.4. The standard InChI is InChI=1S/C21H21BFN3O/c1-14-12-17(7-5-15-13-16(23)6-8-20(15)27-2)25-21(14)18(9-10-24)19-4-3-11-26(19)22/h3-8,11-13H,9-10,24H2,1-2H3/b7-5+,21-18-. The molecule has 0 bridgehead atoms. The number of hydrogen-bond donors (Lipinski definition) is 1. The Hall–Kier alpha value is -2.86. The van der Waals surface area contributed by atoms with Gasteiger partial charge in [0, 0.05) is 16.8 Å². The van der Waals surface area contributed by atoms with Crippen molar-refractivity contribution in [2.45, 2.75) is 13.3 Å². The van der Waals surface area contributed by atoms with Gasteiger partial charge in [0.2, 0.25) is 7.98 Å². The number of allylic oxidation sites excluding steroid dienone is 3. The number of hydrogen-bond acceptors (Lipinski definition) is 3. The van der Waals surface area contributed by atoms with E-state index in [0.717, 1.165) is 28.2 Å². The number of methoxy groups -OCH3 is 1. The summed E-state index contributed by atoms with van der Waals surface area (Å²) < 4.78 is 20.4. The molecule has 2 heterocycles. The van der Waals surface area contributed by atoms with Crippen molar-refractivity contribution in [1.82, 2.24) is 4.48 Å². The van der Waals surface area contributed by atoms with Crippen molar-refractivity contribution in [1.29, 1.82) is 0 Å². The average molecular weight is 361 g/mol. The highest BCUT2D eigenvalue weighted by atomic mass is 19.1. The summed E-state index contributed by atoms with van der Waals surface area (Å²) in [5, 5.41) is 0. The lowest BCUT2D eigenvalue weighted by atomic mass is 10.0. The zero-order valence-electron chi connectivity index (χ0n) is 15.4. The normalized spacial score (nSPS) is 15.9. The quantitative estimate of drug-likeness (QED) is 0.797. The third kappa shape index (κ3) is 4.12. The number of rotatable bonds is 6. The van der Waals surface area contributed by atoms with E-state index in [-0.39, 0.29) is 5.82 Å². The average Bonchev–Trinajstić information content (AvgIpc) is 3.23. The van der Waals surface area contributed by atoms with Gasteiger partial charge in [-0.05, 0) is 80.2 Å². The van der Waals surface area contributed by atoms with Crippen LogP contribution in [0.3, 0.4) is 0 Å². The molecule has 0 atom stereocenters. The van der Waals surface area contributed by atoms with Gasteiger partial charge in [0.15, 0.2) is 0 Å². The fraction of sp³-hybridized carbons (Fsp3) is 0.190. The van der Waals surface area contributed by atoms with Crippen LogP contribution in [-0.2, 0) is 0 Å². The summed E-state index contributed by atoms with van der Waals surface area (Å²) in [6, 6.07) is 8.24. The summed E-state index contributed by atoms with van der Waals surface area (Å²) >= 11 is 0. The van der Waals surface area contributed by atoms with Gasteiger partial charge in [0.25, 0.3) is 0 Å². The molecule has 1 aliphatic heterocycles. The Morgan fingerprint density at radius 2 is 2.15 bits per heavy atom. The van der Waals surface area contributed by atoms with Gasteiger partial charge in [-0.1, -0.05) is 0 Å². The highest BCUT2D eigenvalue weighted by Crippen LogP contribution is 2.31.